The van der Waals surface area contributed by atoms with E-state index in [9.17, 15) is 4.79 Å². The molecular weight excluding hydrogens is 358 g/mol. The van der Waals surface area contributed by atoms with E-state index in [0.717, 1.165) is 51.3 Å². The molecular formula is C19H25N7O2. The fraction of sp³-hybridized carbons (Fsp3) is 0.526. The lowest BCUT2D eigenvalue weighted by Gasteiger charge is -2.22. The number of ether oxygens (including phenoxy) is 1. The maximum absolute atomic E-state index is 12.3. The van der Waals surface area contributed by atoms with E-state index in [0.29, 0.717) is 23.9 Å². The lowest BCUT2D eigenvalue weighted by molar-refractivity contribution is -0.119. The molecule has 148 valence electrons. The molecule has 2 aliphatic rings. The highest BCUT2D eigenvalue weighted by atomic mass is 16.5. The van der Waals surface area contributed by atoms with Crippen molar-refractivity contribution in [3.8, 4) is 11.4 Å². The van der Waals surface area contributed by atoms with Crippen molar-refractivity contribution in [2.45, 2.75) is 19.3 Å². The van der Waals surface area contributed by atoms with Gasteiger partial charge in [-0.25, -0.2) is 9.97 Å². The summed E-state index contributed by atoms with van der Waals surface area (Å²) in [5.74, 6) is 0.804. The Hall–Kier alpha value is -2.65. The standard InChI is InChI=1S/C19H25N7O2/c27-18(14-1-5-20-11-14)25-19-21-6-2-16(24-19)17-9-15(12-23-26-17)22-10-13-3-7-28-8-4-13/h2,6,9,12-14,20H,1,3-5,7-8,10-11H2,(H,22,26)(H,21,24,25,27). The predicted molar refractivity (Wildman–Crippen MR) is 105 cm³/mol. The number of carbonyl (C=O) groups is 1. The van der Waals surface area contributed by atoms with Crippen LogP contribution in [0.2, 0.25) is 0 Å². The topological polar surface area (TPSA) is 114 Å². The monoisotopic (exact) mass is 383 g/mol. The van der Waals surface area contributed by atoms with Crippen molar-refractivity contribution in [3.05, 3.63) is 24.5 Å². The Balaban J connectivity index is 1.41. The van der Waals surface area contributed by atoms with Gasteiger partial charge in [0.1, 0.15) is 5.69 Å². The molecule has 2 saturated heterocycles. The van der Waals surface area contributed by atoms with E-state index in [1.54, 1.807) is 18.5 Å². The van der Waals surface area contributed by atoms with Gasteiger partial charge in [-0.2, -0.15) is 5.10 Å². The lowest BCUT2D eigenvalue weighted by atomic mass is 10.0. The first-order valence-electron chi connectivity index (χ1n) is 9.77. The lowest BCUT2D eigenvalue weighted by Crippen LogP contribution is -2.25. The van der Waals surface area contributed by atoms with E-state index < -0.39 is 0 Å². The number of nitrogens with one attached hydrogen (secondary N) is 3. The van der Waals surface area contributed by atoms with Crippen molar-refractivity contribution < 1.29 is 9.53 Å². The molecule has 2 aliphatic heterocycles. The molecule has 1 atom stereocenters. The first-order valence-corrected chi connectivity index (χ1v) is 9.77. The third-order valence-electron chi connectivity index (χ3n) is 5.17. The maximum Gasteiger partial charge on any atom is 0.231 e. The minimum atomic E-state index is -0.0555. The molecule has 2 aromatic heterocycles. The quantitative estimate of drug-likeness (QED) is 0.684. The summed E-state index contributed by atoms with van der Waals surface area (Å²) >= 11 is 0. The molecule has 0 aromatic carbocycles. The van der Waals surface area contributed by atoms with Crippen molar-refractivity contribution in [2.75, 3.05) is 43.5 Å². The number of hydrogen-bond acceptors (Lipinski definition) is 8. The maximum atomic E-state index is 12.3. The molecule has 9 heteroatoms. The zero-order chi connectivity index (χ0) is 19.2. The number of anilines is 2. The molecule has 0 saturated carbocycles. The van der Waals surface area contributed by atoms with E-state index in [1.165, 1.54) is 0 Å². The number of aromatic nitrogens is 4. The zero-order valence-electron chi connectivity index (χ0n) is 15.7. The molecule has 9 nitrogen and oxygen atoms in total. The third kappa shape index (κ3) is 4.79. The van der Waals surface area contributed by atoms with Gasteiger partial charge >= 0.3 is 0 Å². The second-order valence-electron chi connectivity index (χ2n) is 7.21. The molecule has 3 N–H and O–H groups in total. The first kappa shape index (κ1) is 18.7. The SMILES string of the molecule is O=C(Nc1nccc(-c2cc(NCC3CCOCC3)cnn2)n1)C1CCNC1. The number of carbonyl (C=O) groups excluding carboxylic acids is 1. The highest BCUT2D eigenvalue weighted by Gasteiger charge is 2.23. The van der Waals surface area contributed by atoms with Gasteiger partial charge in [0.05, 0.1) is 23.5 Å². The van der Waals surface area contributed by atoms with Crippen LogP contribution in [-0.4, -0.2) is 58.9 Å². The second kappa shape index (κ2) is 9.03. The molecule has 1 amide bonds. The predicted octanol–water partition coefficient (Wildman–Crippen LogP) is 1.32. The van der Waals surface area contributed by atoms with Gasteiger partial charge in [-0.05, 0) is 43.9 Å². The van der Waals surface area contributed by atoms with E-state index in [4.69, 9.17) is 4.74 Å². The average Bonchev–Trinajstić information content (AvgIpc) is 3.29. The van der Waals surface area contributed by atoms with Gasteiger partial charge in [0.15, 0.2) is 0 Å². The van der Waals surface area contributed by atoms with Gasteiger partial charge in [0.2, 0.25) is 11.9 Å². The summed E-state index contributed by atoms with van der Waals surface area (Å²) in [7, 11) is 0. The Bertz CT molecular complexity index is 804. The Morgan fingerprint density at radius 3 is 2.96 bits per heavy atom. The van der Waals surface area contributed by atoms with Gasteiger partial charge in [-0.3, -0.25) is 10.1 Å². The molecule has 0 aliphatic carbocycles. The molecule has 2 aromatic rings. The van der Waals surface area contributed by atoms with Crippen LogP contribution < -0.4 is 16.0 Å². The van der Waals surface area contributed by atoms with Crippen LogP contribution in [0.1, 0.15) is 19.3 Å². The number of nitrogens with zero attached hydrogens (tertiary/aromatic N) is 4. The summed E-state index contributed by atoms with van der Waals surface area (Å²) in [5.41, 5.74) is 2.16. The summed E-state index contributed by atoms with van der Waals surface area (Å²) < 4.78 is 5.40. The van der Waals surface area contributed by atoms with E-state index in [1.807, 2.05) is 6.07 Å². The van der Waals surface area contributed by atoms with E-state index in [-0.39, 0.29) is 17.8 Å². The van der Waals surface area contributed by atoms with Crippen molar-refractivity contribution in [2.24, 2.45) is 11.8 Å². The molecule has 4 heterocycles. The zero-order valence-corrected chi connectivity index (χ0v) is 15.7. The van der Waals surface area contributed by atoms with Crippen LogP contribution >= 0.6 is 0 Å². The summed E-state index contributed by atoms with van der Waals surface area (Å²) in [5, 5.41) is 17.7. The van der Waals surface area contributed by atoms with Gasteiger partial charge in [0, 0.05) is 32.5 Å². The summed E-state index contributed by atoms with van der Waals surface area (Å²) in [4.78, 5) is 20.9. The van der Waals surface area contributed by atoms with Crippen LogP contribution in [0.15, 0.2) is 24.5 Å². The highest BCUT2D eigenvalue weighted by molar-refractivity contribution is 5.91. The highest BCUT2D eigenvalue weighted by Crippen LogP contribution is 2.20. The van der Waals surface area contributed by atoms with Gasteiger partial charge in [0.25, 0.3) is 0 Å². The van der Waals surface area contributed by atoms with Crippen molar-refractivity contribution in [1.29, 1.82) is 0 Å². The summed E-state index contributed by atoms with van der Waals surface area (Å²) in [6.07, 6.45) is 6.31. The fourth-order valence-corrected chi connectivity index (χ4v) is 3.45. The van der Waals surface area contributed by atoms with Crippen LogP contribution in [0, 0.1) is 11.8 Å². The number of rotatable bonds is 6. The number of hydrogen-bond donors (Lipinski definition) is 3. The van der Waals surface area contributed by atoms with Crippen molar-refractivity contribution in [3.63, 3.8) is 0 Å². The molecule has 0 radical (unpaired) electrons. The average molecular weight is 383 g/mol. The molecule has 1 unspecified atom stereocenters. The van der Waals surface area contributed by atoms with Crippen molar-refractivity contribution in [1.82, 2.24) is 25.5 Å². The first-order chi connectivity index (χ1) is 13.8. The van der Waals surface area contributed by atoms with Crippen LogP contribution in [0.3, 0.4) is 0 Å². The smallest absolute Gasteiger partial charge is 0.231 e. The van der Waals surface area contributed by atoms with Crippen LogP contribution in [0.25, 0.3) is 11.4 Å². The summed E-state index contributed by atoms with van der Waals surface area (Å²) in [6, 6.07) is 3.68. The van der Waals surface area contributed by atoms with Gasteiger partial charge in [-0.1, -0.05) is 0 Å². The van der Waals surface area contributed by atoms with E-state index >= 15 is 0 Å². The van der Waals surface area contributed by atoms with Gasteiger partial charge < -0.3 is 15.4 Å². The van der Waals surface area contributed by atoms with Crippen molar-refractivity contribution >= 4 is 17.5 Å². The summed E-state index contributed by atoms with van der Waals surface area (Å²) in [6.45, 7) is 4.10. The largest absolute Gasteiger partial charge is 0.383 e. The van der Waals surface area contributed by atoms with Crippen LogP contribution in [0.4, 0.5) is 11.6 Å². The second-order valence-corrected chi connectivity index (χ2v) is 7.21. The normalized spacial score (nSPS) is 20.1. The molecule has 2 fully saturated rings. The van der Waals surface area contributed by atoms with Crippen LogP contribution in [0.5, 0.6) is 0 Å². The number of amides is 1. The Morgan fingerprint density at radius 1 is 1.25 bits per heavy atom. The minimum Gasteiger partial charge on any atom is -0.383 e. The van der Waals surface area contributed by atoms with Gasteiger partial charge in [-0.15, -0.1) is 5.10 Å². The molecule has 0 spiro atoms. The van der Waals surface area contributed by atoms with Crippen LogP contribution in [-0.2, 0) is 9.53 Å². The minimum absolute atomic E-state index is 0.0373. The Labute approximate surface area is 163 Å². The molecule has 0 bridgehead atoms. The Kier molecular flexibility index (Phi) is 6.03. The molecule has 28 heavy (non-hydrogen) atoms. The molecule has 4 rings (SSSR count). The fourth-order valence-electron chi connectivity index (χ4n) is 3.45. The Morgan fingerprint density at radius 2 is 2.14 bits per heavy atom. The van der Waals surface area contributed by atoms with E-state index in [2.05, 4.69) is 36.1 Å². The third-order valence-corrected chi connectivity index (χ3v) is 5.17.